The molecule has 0 saturated heterocycles. The highest BCUT2D eigenvalue weighted by atomic mass is 35.5. The SMILES string of the molecule is Cn1c(=O)cc(Cl)c2nc(C#N)ccc21. The summed E-state index contributed by atoms with van der Waals surface area (Å²) in [6, 6.07) is 6.43. The lowest BCUT2D eigenvalue weighted by Crippen LogP contribution is -2.16. The van der Waals surface area contributed by atoms with Gasteiger partial charge in [-0.1, -0.05) is 11.6 Å². The van der Waals surface area contributed by atoms with E-state index in [1.807, 2.05) is 6.07 Å². The normalized spacial score (nSPS) is 10.2. The van der Waals surface area contributed by atoms with E-state index in [1.54, 1.807) is 19.2 Å². The highest BCUT2D eigenvalue weighted by molar-refractivity contribution is 6.34. The van der Waals surface area contributed by atoms with Crippen LogP contribution < -0.4 is 5.56 Å². The Morgan fingerprint density at radius 1 is 1.53 bits per heavy atom. The summed E-state index contributed by atoms with van der Waals surface area (Å²) in [6.45, 7) is 0. The van der Waals surface area contributed by atoms with Gasteiger partial charge in [-0.05, 0) is 12.1 Å². The molecule has 74 valence electrons. The van der Waals surface area contributed by atoms with Crippen molar-refractivity contribution in [2.24, 2.45) is 7.05 Å². The molecule has 0 radical (unpaired) electrons. The molecule has 0 aliphatic heterocycles. The van der Waals surface area contributed by atoms with E-state index in [4.69, 9.17) is 16.9 Å². The van der Waals surface area contributed by atoms with Gasteiger partial charge in [0.1, 0.15) is 17.3 Å². The maximum atomic E-state index is 11.4. The maximum absolute atomic E-state index is 11.4. The van der Waals surface area contributed by atoms with Crippen LogP contribution in [0.1, 0.15) is 5.69 Å². The predicted octanol–water partition coefficient (Wildman–Crippen LogP) is 1.46. The predicted molar refractivity (Wildman–Crippen MR) is 56.7 cm³/mol. The summed E-state index contributed by atoms with van der Waals surface area (Å²) < 4.78 is 1.44. The molecule has 4 nitrogen and oxygen atoms in total. The van der Waals surface area contributed by atoms with E-state index in [0.29, 0.717) is 11.0 Å². The summed E-state index contributed by atoms with van der Waals surface area (Å²) in [5, 5.41) is 8.96. The van der Waals surface area contributed by atoms with Crippen LogP contribution in [0.3, 0.4) is 0 Å². The lowest BCUT2D eigenvalue weighted by Gasteiger charge is -2.04. The van der Waals surface area contributed by atoms with E-state index in [1.165, 1.54) is 10.6 Å². The van der Waals surface area contributed by atoms with Crippen molar-refractivity contribution in [3.63, 3.8) is 0 Å². The zero-order chi connectivity index (χ0) is 11.0. The molecule has 0 bridgehead atoms. The second-order valence-electron chi connectivity index (χ2n) is 3.07. The number of halogens is 1. The molecule has 2 heterocycles. The van der Waals surface area contributed by atoms with Crippen LogP contribution in [0, 0.1) is 11.3 Å². The Kier molecular flexibility index (Phi) is 2.18. The largest absolute Gasteiger partial charge is 0.310 e. The van der Waals surface area contributed by atoms with Crippen LogP contribution in [0.4, 0.5) is 0 Å². The molecular formula is C10H6ClN3O. The molecule has 0 saturated carbocycles. The number of fused-ring (bicyclic) bond motifs is 1. The highest BCUT2D eigenvalue weighted by Crippen LogP contribution is 2.18. The molecule has 0 atom stereocenters. The second kappa shape index (κ2) is 3.37. The van der Waals surface area contributed by atoms with Gasteiger partial charge in [0.05, 0.1) is 10.5 Å². The summed E-state index contributed by atoms with van der Waals surface area (Å²) in [4.78, 5) is 15.4. The molecule has 0 aromatic carbocycles. The Morgan fingerprint density at radius 2 is 2.27 bits per heavy atom. The first kappa shape index (κ1) is 9.69. The summed E-state index contributed by atoms with van der Waals surface area (Å²) in [5.74, 6) is 0. The molecule has 5 heteroatoms. The minimum atomic E-state index is -0.195. The molecule has 0 aliphatic rings. The minimum absolute atomic E-state index is 0.195. The number of rotatable bonds is 0. The summed E-state index contributed by atoms with van der Waals surface area (Å²) in [5.41, 5.74) is 1.17. The van der Waals surface area contributed by atoms with Gasteiger partial charge in [-0.2, -0.15) is 5.26 Å². The van der Waals surface area contributed by atoms with Gasteiger partial charge in [0.2, 0.25) is 0 Å². The van der Waals surface area contributed by atoms with Crippen LogP contribution in [0.25, 0.3) is 11.0 Å². The van der Waals surface area contributed by atoms with Gasteiger partial charge in [0, 0.05) is 13.1 Å². The van der Waals surface area contributed by atoms with Gasteiger partial charge in [-0.15, -0.1) is 0 Å². The van der Waals surface area contributed by atoms with Crippen LogP contribution in [-0.2, 0) is 7.05 Å². The number of nitrogens with zero attached hydrogens (tertiary/aromatic N) is 3. The van der Waals surface area contributed by atoms with Crippen molar-refractivity contribution in [3.05, 3.63) is 39.3 Å². The quantitative estimate of drug-likeness (QED) is 0.674. The molecule has 0 aliphatic carbocycles. The summed E-state index contributed by atoms with van der Waals surface area (Å²) in [6.07, 6.45) is 0. The number of nitriles is 1. The summed E-state index contributed by atoms with van der Waals surface area (Å²) >= 11 is 5.88. The first-order valence-corrected chi connectivity index (χ1v) is 4.57. The fourth-order valence-electron chi connectivity index (χ4n) is 1.35. The lowest BCUT2D eigenvalue weighted by molar-refractivity contribution is 0.903. The molecular weight excluding hydrogens is 214 g/mol. The van der Waals surface area contributed by atoms with Crippen molar-refractivity contribution in [2.45, 2.75) is 0 Å². The molecule has 15 heavy (non-hydrogen) atoms. The number of hydrogen-bond acceptors (Lipinski definition) is 3. The summed E-state index contributed by atoms with van der Waals surface area (Å²) in [7, 11) is 1.63. The van der Waals surface area contributed by atoms with Gasteiger partial charge >= 0.3 is 0 Å². The van der Waals surface area contributed by atoms with Crippen LogP contribution in [0.2, 0.25) is 5.02 Å². The van der Waals surface area contributed by atoms with Crippen molar-refractivity contribution in [1.82, 2.24) is 9.55 Å². The van der Waals surface area contributed by atoms with Crippen LogP contribution in [0.5, 0.6) is 0 Å². The third kappa shape index (κ3) is 1.47. The molecule has 0 N–H and O–H groups in total. The lowest BCUT2D eigenvalue weighted by atomic mass is 10.3. The maximum Gasteiger partial charge on any atom is 0.252 e. The zero-order valence-electron chi connectivity index (χ0n) is 7.86. The Labute approximate surface area is 90.3 Å². The Morgan fingerprint density at radius 3 is 2.93 bits per heavy atom. The third-order valence-electron chi connectivity index (χ3n) is 2.16. The van der Waals surface area contributed by atoms with E-state index in [0.717, 1.165) is 0 Å². The number of pyridine rings is 2. The average molecular weight is 220 g/mol. The molecule has 0 amide bonds. The van der Waals surface area contributed by atoms with Crippen molar-refractivity contribution in [1.29, 1.82) is 5.26 Å². The number of hydrogen-bond donors (Lipinski definition) is 0. The van der Waals surface area contributed by atoms with E-state index >= 15 is 0 Å². The Bertz CT molecular complexity index is 639. The molecule has 2 rings (SSSR count). The molecule has 2 aromatic heterocycles. The highest BCUT2D eigenvalue weighted by Gasteiger charge is 2.06. The van der Waals surface area contributed by atoms with E-state index in [9.17, 15) is 4.79 Å². The van der Waals surface area contributed by atoms with E-state index in [-0.39, 0.29) is 16.3 Å². The standard InChI is InChI=1S/C10H6ClN3O/c1-14-8-3-2-6(5-12)13-10(8)7(11)4-9(14)15/h2-4H,1H3. The Balaban J connectivity index is 2.98. The van der Waals surface area contributed by atoms with Crippen LogP contribution in [-0.4, -0.2) is 9.55 Å². The smallest absolute Gasteiger partial charge is 0.252 e. The molecule has 0 spiro atoms. The van der Waals surface area contributed by atoms with Gasteiger partial charge < -0.3 is 4.57 Å². The Hall–Kier alpha value is -1.86. The fourth-order valence-corrected chi connectivity index (χ4v) is 1.59. The average Bonchev–Trinajstić information content (AvgIpc) is 2.25. The number of aromatic nitrogens is 2. The van der Waals surface area contributed by atoms with E-state index in [2.05, 4.69) is 4.98 Å². The monoisotopic (exact) mass is 219 g/mol. The van der Waals surface area contributed by atoms with Gasteiger partial charge in [0.25, 0.3) is 5.56 Å². The van der Waals surface area contributed by atoms with Gasteiger partial charge in [-0.25, -0.2) is 4.98 Å². The molecule has 2 aromatic rings. The van der Waals surface area contributed by atoms with Crippen molar-refractivity contribution < 1.29 is 0 Å². The van der Waals surface area contributed by atoms with Crippen molar-refractivity contribution in [2.75, 3.05) is 0 Å². The van der Waals surface area contributed by atoms with Crippen molar-refractivity contribution in [3.8, 4) is 6.07 Å². The zero-order valence-corrected chi connectivity index (χ0v) is 8.62. The van der Waals surface area contributed by atoms with Gasteiger partial charge in [0.15, 0.2) is 0 Å². The molecule has 0 fully saturated rings. The molecule has 0 unspecified atom stereocenters. The first-order chi connectivity index (χ1) is 7.13. The first-order valence-electron chi connectivity index (χ1n) is 4.20. The topological polar surface area (TPSA) is 58.7 Å². The van der Waals surface area contributed by atoms with Crippen molar-refractivity contribution >= 4 is 22.6 Å². The van der Waals surface area contributed by atoms with Crippen LogP contribution >= 0.6 is 11.6 Å². The number of aryl methyl sites for hydroxylation is 1. The second-order valence-corrected chi connectivity index (χ2v) is 3.47. The van der Waals surface area contributed by atoms with Crippen LogP contribution in [0.15, 0.2) is 23.0 Å². The minimum Gasteiger partial charge on any atom is -0.310 e. The van der Waals surface area contributed by atoms with Gasteiger partial charge in [-0.3, -0.25) is 4.79 Å². The fraction of sp³-hybridized carbons (Fsp3) is 0.100. The third-order valence-corrected chi connectivity index (χ3v) is 2.44. The van der Waals surface area contributed by atoms with E-state index < -0.39 is 0 Å².